The van der Waals surface area contributed by atoms with Crippen molar-refractivity contribution in [2.45, 2.75) is 45.8 Å². The predicted molar refractivity (Wildman–Crippen MR) is 168 cm³/mol. The standard InChI is InChI=1S/C35H38BNO2/c1-8-16-27(3)29-23-25-31(26-24-29)37(30(9-2)20-15-19-28-17-11-10-12-18-28)33-22-14-13-21-32(33)36-38-34(4,5)35(6,7)39-36/h8-26H,2-3H2,1,4-7H3/b16-8-,19-15+,30-20+. The van der Waals surface area contributed by atoms with E-state index in [0.29, 0.717) is 0 Å². The Morgan fingerprint density at radius 1 is 0.846 bits per heavy atom. The van der Waals surface area contributed by atoms with Crippen molar-refractivity contribution in [2.75, 3.05) is 4.90 Å². The first-order valence-corrected chi connectivity index (χ1v) is 13.4. The topological polar surface area (TPSA) is 21.7 Å². The van der Waals surface area contributed by atoms with Gasteiger partial charge in [0.1, 0.15) is 0 Å². The Bertz CT molecular complexity index is 1380. The van der Waals surface area contributed by atoms with Crippen molar-refractivity contribution >= 4 is 35.6 Å². The van der Waals surface area contributed by atoms with Crippen LogP contribution in [0.1, 0.15) is 45.7 Å². The molecule has 1 heterocycles. The van der Waals surface area contributed by atoms with Gasteiger partial charge in [-0.05, 0) is 81.7 Å². The average Bonchev–Trinajstić information content (AvgIpc) is 3.15. The SMILES string of the molecule is C=C/C(=C\C=C\c1ccccc1)N(c1ccc(C(=C)/C=C\C)cc1)c1ccccc1B1OC(C)(C)C(C)(C)O1. The van der Waals surface area contributed by atoms with Gasteiger partial charge in [-0.2, -0.15) is 0 Å². The minimum Gasteiger partial charge on any atom is -0.399 e. The van der Waals surface area contributed by atoms with E-state index >= 15 is 0 Å². The number of hydrogen-bond donors (Lipinski definition) is 0. The lowest BCUT2D eigenvalue weighted by atomic mass is 9.77. The fourth-order valence-electron chi connectivity index (χ4n) is 4.47. The molecule has 1 fully saturated rings. The molecule has 0 aliphatic carbocycles. The molecule has 3 aromatic carbocycles. The third-order valence-corrected chi connectivity index (χ3v) is 7.37. The van der Waals surface area contributed by atoms with Crippen LogP contribution in [0.5, 0.6) is 0 Å². The summed E-state index contributed by atoms with van der Waals surface area (Å²) < 4.78 is 13.0. The second-order valence-corrected chi connectivity index (χ2v) is 10.6. The lowest BCUT2D eigenvalue weighted by molar-refractivity contribution is 0.00578. The maximum Gasteiger partial charge on any atom is 0.496 e. The fraction of sp³-hybridized carbons (Fsp3) is 0.200. The molecule has 3 aromatic rings. The molecule has 0 amide bonds. The second-order valence-electron chi connectivity index (χ2n) is 10.6. The van der Waals surface area contributed by atoms with Gasteiger partial charge >= 0.3 is 7.12 Å². The molecule has 39 heavy (non-hydrogen) atoms. The number of allylic oxidation sites excluding steroid dienone is 6. The van der Waals surface area contributed by atoms with E-state index < -0.39 is 18.3 Å². The Balaban J connectivity index is 1.82. The Morgan fingerprint density at radius 2 is 1.46 bits per heavy atom. The van der Waals surface area contributed by atoms with Crippen molar-refractivity contribution in [1.82, 2.24) is 0 Å². The molecular weight excluding hydrogens is 477 g/mol. The molecule has 0 atom stereocenters. The highest BCUT2D eigenvalue weighted by atomic mass is 16.7. The van der Waals surface area contributed by atoms with Crippen LogP contribution in [0.2, 0.25) is 0 Å². The summed E-state index contributed by atoms with van der Waals surface area (Å²) in [4.78, 5) is 2.20. The van der Waals surface area contributed by atoms with Crippen LogP contribution >= 0.6 is 0 Å². The highest BCUT2D eigenvalue weighted by molar-refractivity contribution is 6.64. The minimum absolute atomic E-state index is 0.445. The largest absolute Gasteiger partial charge is 0.496 e. The molecule has 0 aromatic heterocycles. The van der Waals surface area contributed by atoms with Gasteiger partial charge in [0.25, 0.3) is 0 Å². The predicted octanol–water partition coefficient (Wildman–Crippen LogP) is 8.50. The monoisotopic (exact) mass is 515 g/mol. The summed E-state index contributed by atoms with van der Waals surface area (Å²) in [6, 6.07) is 26.9. The van der Waals surface area contributed by atoms with Gasteiger partial charge in [0.05, 0.1) is 11.2 Å². The van der Waals surface area contributed by atoms with E-state index in [1.807, 2.05) is 55.5 Å². The molecule has 0 unspecified atom stereocenters. The van der Waals surface area contributed by atoms with Crippen LogP contribution in [0.25, 0.3) is 11.6 Å². The van der Waals surface area contributed by atoms with E-state index in [1.54, 1.807) is 0 Å². The minimum atomic E-state index is -0.506. The first-order chi connectivity index (χ1) is 18.7. The molecule has 1 aliphatic heterocycles. The van der Waals surface area contributed by atoms with Crippen LogP contribution in [-0.4, -0.2) is 18.3 Å². The lowest BCUT2D eigenvalue weighted by Crippen LogP contribution is -2.41. The molecule has 0 saturated carbocycles. The Labute approximate surface area is 234 Å². The fourth-order valence-corrected chi connectivity index (χ4v) is 4.47. The Morgan fingerprint density at radius 3 is 2.08 bits per heavy atom. The first kappa shape index (κ1) is 28.2. The van der Waals surface area contributed by atoms with E-state index in [2.05, 4.69) is 113 Å². The van der Waals surface area contributed by atoms with Gasteiger partial charge in [-0.15, -0.1) is 0 Å². The van der Waals surface area contributed by atoms with Crippen molar-refractivity contribution < 1.29 is 9.31 Å². The zero-order valence-corrected chi connectivity index (χ0v) is 23.7. The van der Waals surface area contributed by atoms with Gasteiger partial charge in [0, 0.05) is 22.5 Å². The van der Waals surface area contributed by atoms with Crippen molar-refractivity contribution in [2.24, 2.45) is 0 Å². The zero-order chi connectivity index (χ0) is 28.0. The van der Waals surface area contributed by atoms with Crippen LogP contribution in [0.15, 0.2) is 128 Å². The quantitative estimate of drug-likeness (QED) is 0.211. The third kappa shape index (κ3) is 6.25. The molecule has 4 heteroatoms. The van der Waals surface area contributed by atoms with E-state index in [0.717, 1.165) is 39.2 Å². The van der Waals surface area contributed by atoms with Crippen molar-refractivity contribution in [1.29, 1.82) is 0 Å². The molecule has 1 saturated heterocycles. The number of para-hydroxylation sites is 1. The van der Waals surface area contributed by atoms with Crippen molar-refractivity contribution in [3.63, 3.8) is 0 Å². The average molecular weight is 516 g/mol. The van der Waals surface area contributed by atoms with Crippen LogP contribution in [0, 0.1) is 0 Å². The van der Waals surface area contributed by atoms with Crippen LogP contribution < -0.4 is 10.4 Å². The molecular formula is C35H38BNO2. The molecule has 0 N–H and O–H groups in total. The summed E-state index contributed by atoms with van der Waals surface area (Å²) in [6.45, 7) is 18.7. The molecule has 3 nitrogen and oxygen atoms in total. The van der Waals surface area contributed by atoms with Gasteiger partial charge in [-0.1, -0.05) is 98.1 Å². The molecule has 0 spiro atoms. The van der Waals surface area contributed by atoms with E-state index in [1.165, 1.54) is 0 Å². The number of hydrogen-bond acceptors (Lipinski definition) is 3. The van der Waals surface area contributed by atoms with Gasteiger partial charge < -0.3 is 14.2 Å². The third-order valence-electron chi connectivity index (χ3n) is 7.37. The molecule has 0 bridgehead atoms. The van der Waals surface area contributed by atoms with Crippen LogP contribution in [-0.2, 0) is 9.31 Å². The van der Waals surface area contributed by atoms with Crippen molar-refractivity contribution in [3.05, 3.63) is 139 Å². The zero-order valence-electron chi connectivity index (χ0n) is 23.7. The van der Waals surface area contributed by atoms with Gasteiger partial charge in [-0.25, -0.2) is 0 Å². The molecule has 0 radical (unpaired) electrons. The van der Waals surface area contributed by atoms with Crippen molar-refractivity contribution in [3.8, 4) is 0 Å². The summed E-state index contributed by atoms with van der Waals surface area (Å²) in [5.41, 5.74) is 6.13. The summed E-state index contributed by atoms with van der Waals surface area (Å²) in [5.74, 6) is 0. The Hall–Kier alpha value is -3.86. The number of benzene rings is 3. The summed E-state index contributed by atoms with van der Waals surface area (Å²) in [6.07, 6.45) is 12.1. The van der Waals surface area contributed by atoms with Gasteiger partial charge in [-0.3, -0.25) is 0 Å². The maximum absolute atomic E-state index is 6.48. The second kappa shape index (κ2) is 11.9. The molecule has 4 rings (SSSR count). The molecule has 198 valence electrons. The summed E-state index contributed by atoms with van der Waals surface area (Å²) >= 11 is 0. The smallest absolute Gasteiger partial charge is 0.399 e. The van der Waals surface area contributed by atoms with Crippen LogP contribution in [0.4, 0.5) is 11.4 Å². The van der Waals surface area contributed by atoms with E-state index in [-0.39, 0.29) is 0 Å². The lowest BCUT2D eigenvalue weighted by Gasteiger charge is -2.32. The Kier molecular flexibility index (Phi) is 8.59. The summed E-state index contributed by atoms with van der Waals surface area (Å²) in [7, 11) is -0.506. The van der Waals surface area contributed by atoms with E-state index in [4.69, 9.17) is 9.31 Å². The summed E-state index contributed by atoms with van der Waals surface area (Å²) in [5, 5.41) is 0. The maximum atomic E-state index is 6.48. The van der Waals surface area contributed by atoms with Crippen LogP contribution in [0.3, 0.4) is 0 Å². The van der Waals surface area contributed by atoms with Gasteiger partial charge in [0.2, 0.25) is 0 Å². The van der Waals surface area contributed by atoms with Gasteiger partial charge in [0.15, 0.2) is 0 Å². The number of rotatable bonds is 9. The molecule has 1 aliphatic rings. The highest BCUT2D eigenvalue weighted by Gasteiger charge is 2.52. The first-order valence-electron chi connectivity index (χ1n) is 13.4. The number of anilines is 2. The number of nitrogens with zero attached hydrogens (tertiary/aromatic N) is 1. The highest BCUT2D eigenvalue weighted by Crippen LogP contribution is 2.38. The van der Waals surface area contributed by atoms with E-state index in [9.17, 15) is 0 Å². The normalized spacial score (nSPS) is 16.6.